The predicted molar refractivity (Wildman–Crippen MR) is 184 cm³/mol. The fourth-order valence-corrected chi connectivity index (χ4v) is 7.36. The maximum absolute atomic E-state index is 13.6. The first-order chi connectivity index (χ1) is 23.5. The van der Waals surface area contributed by atoms with Gasteiger partial charge in [-0.2, -0.15) is 0 Å². The number of anilines is 3. The maximum atomic E-state index is 13.6. The van der Waals surface area contributed by atoms with Crippen molar-refractivity contribution in [3.63, 3.8) is 0 Å². The SMILES string of the molecule is CCc1cccc(CC)c1NC(=O)c1onc2c1CCc1cnc(Nc3ccc(C(=O)N4CCC[C@@H]4CN4CCCC4)cc3OC)nc1-2. The van der Waals surface area contributed by atoms with Gasteiger partial charge in [-0.3, -0.25) is 9.59 Å². The first-order valence-electron chi connectivity index (χ1n) is 17.2. The molecule has 0 bridgehead atoms. The second-order valence-corrected chi connectivity index (χ2v) is 12.9. The van der Waals surface area contributed by atoms with Crippen LogP contribution in [0.25, 0.3) is 11.4 Å². The standard InChI is InChI=1S/C37H43N7O4/c1-4-23-10-8-11-24(5-2)31(23)40-35(45)34-28-15-13-26-21-38-37(41-32(26)33(28)42-48-34)39-29-16-14-25(20-30(29)47-3)36(46)44-19-9-12-27(44)22-43-17-6-7-18-43/h8,10-11,14,16,20-21,27H,4-7,9,12-13,15,17-19,22H2,1-3H3,(H,40,45)(H,38,39,41)/t27-/m1/s1. The van der Waals surface area contributed by atoms with Gasteiger partial charge in [-0.15, -0.1) is 0 Å². The van der Waals surface area contributed by atoms with E-state index in [2.05, 4.69) is 39.5 Å². The molecule has 11 heteroatoms. The van der Waals surface area contributed by atoms with Crippen molar-refractivity contribution in [1.29, 1.82) is 0 Å². The van der Waals surface area contributed by atoms with Crippen LogP contribution in [0.2, 0.25) is 0 Å². The zero-order chi connectivity index (χ0) is 33.2. The number of para-hydroxylation sites is 1. The van der Waals surface area contributed by atoms with E-state index in [4.69, 9.17) is 14.2 Å². The molecule has 2 fully saturated rings. The molecule has 250 valence electrons. The van der Waals surface area contributed by atoms with Gasteiger partial charge in [0.25, 0.3) is 11.8 Å². The van der Waals surface area contributed by atoms with Gasteiger partial charge in [0, 0.05) is 42.1 Å². The van der Waals surface area contributed by atoms with Gasteiger partial charge in [0.05, 0.1) is 12.8 Å². The van der Waals surface area contributed by atoms with E-state index < -0.39 is 0 Å². The third kappa shape index (κ3) is 6.14. The number of hydrogen-bond donors (Lipinski definition) is 2. The molecule has 48 heavy (non-hydrogen) atoms. The Bertz CT molecular complexity index is 1810. The number of fused-ring (bicyclic) bond motifs is 3. The van der Waals surface area contributed by atoms with Gasteiger partial charge in [-0.1, -0.05) is 37.2 Å². The molecule has 0 unspecified atom stereocenters. The number of aryl methyl sites for hydroxylation is 3. The summed E-state index contributed by atoms with van der Waals surface area (Å²) in [5.41, 5.74) is 7.08. The molecule has 4 heterocycles. The minimum atomic E-state index is -0.314. The highest BCUT2D eigenvalue weighted by molar-refractivity contribution is 6.05. The van der Waals surface area contributed by atoms with Crippen molar-refractivity contribution in [1.82, 2.24) is 24.9 Å². The molecule has 7 rings (SSSR count). The molecular formula is C37H43N7O4. The number of carbonyl (C=O) groups excluding carboxylic acids is 2. The van der Waals surface area contributed by atoms with Gasteiger partial charge in [0.15, 0.2) is 0 Å². The van der Waals surface area contributed by atoms with Crippen LogP contribution < -0.4 is 15.4 Å². The lowest BCUT2D eigenvalue weighted by Gasteiger charge is -2.28. The van der Waals surface area contributed by atoms with E-state index in [9.17, 15) is 9.59 Å². The zero-order valence-electron chi connectivity index (χ0n) is 28.0. The summed E-state index contributed by atoms with van der Waals surface area (Å²) >= 11 is 0. The number of carbonyl (C=O) groups is 2. The Labute approximate surface area is 281 Å². The van der Waals surface area contributed by atoms with Gasteiger partial charge in [0.2, 0.25) is 11.7 Å². The summed E-state index contributed by atoms with van der Waals surface area (Å²) in [7, 11) is 1.59. The molecule has 2 aromatic heterocycles. The lowest BCUT2D eigenvalue weighted by Crippen LogP contribution is -2.42. The van der Waals surface area contributed by atoms with Crippen molar-refractivity contribution < 1.29 is 18.8 Å². The molecule has 11 nitrogen and oxygen atoms in total. The number of benzene rings is 2. The molecule has 4 aromatic rings. The molecule has 2 aliphatic heterocycles. The van der Waals surface area contributed by atoms with Crippen LogP contribution in [0.3, 0.4) is 0 Å². The van der Waals surface area contributed by atoms with Gasteiger partial charge >= 0.3 is 0 Å². The molecule has 2 amide bonds. The van der Waals surface area contributed by atoms with Crippen LogP contribution >= 0.6 is 0 Å². The van der Waals surface area contributed by atoms with Crippen molar-refractivity contribution >= 4 is 29.1 Å². The Morgan fingerprint density at radius 3 is 2.54 bits per heavy atom. The van der Waals surface area contributed by atoms with Gasteiger partial charge in [0.1, 0.15) is 17.1 Å². The number of aromatic nitrogens is 3. The lowest BCUT2D eigenvalue weighted by atomic mass is 9.93. The number of ether oxygens (including phenoxy) is 1. The van der Waals surface area contributed by atoms with E-state index in [0.717, 1.165) is 79.8 Å². The minimum absolute atomic E-state index is 0.0362. The summed E-state index contributed by atoms with van der Waals surface area (Å²) in [6.45, 7) is 8.13. The summed E-state index contributed by atoms with van der Waals surface area (Å²) in [5, 5.41) is 10.7. The summed E-state index contributed by atoms with van der Waals surface area (Å²) in [5.74, 6) is 0.805. The molecule has 1 aliphatic carbocycles. The van der Waals surface area contributed by atoms with Gasteiger partial charge < -0.3 is 29.7 Å². The Kier molecular flexibility index (Phi) is 9.12. The molecule has 3 aliphatic rings. The first-order valence-corrected chi connectivity index (χ1v) is 17.2. The average molecular weight is 650 g/mol. The number of hydrogen-bond acceptors (Lipinski definition) is 9. The quantitative estimate of drug-likeness (QED) is 0.211. The number of nitrogens with one attached hydrogen (secondary N) is 2. The highest BCUT2D eigenvalue weighted by Gasteiger charge is 2.32. The summed E-state index contributed by atoms with van der Waals surface area (Å²) < 4.78 is 11.4. The molecule has 2 N–H and O–H groups in total. The Hall–Kier alpha value is -4.77. The number of likely N-dealkylation sites (tertiary alicyclic amines) is 2. The van der Waals surface area contributed by atoms with E-state index in [1.54, 1.807) is 19.4 Å². The highest BCUT2D eigenvalue weighted by Crippen LogP contribution is 2.36. The van der Waals surface area contributed by atoms with Gasteiger partial charge in [-0.05, 0) is 99.3 Å². The Morgan fingerprint density at radius 2 is 1.79 bits per heavy atom. The van der Waals surface area contributed by atoms with E-state index >= 15 is 0 Å². The molecule has 2 aromatic carbocycles. The van der Waals surface area contributed by atoms with Crippen LogP contribution in [-0.2, 0) is 25.7 Å². The zero-order valence-corrected chi connectivity index (χ0v) is 28.0. The van der Waals surface area contributed by atoms with Crippen LogP contribution in [0.5, 0.6) is 5.75 Å². The molecule has 2 saturated heterocycles. The number of nitrogens with zero attached hydrogens (tertiary/aromatic N) is 5. The van der Waals surface area contributed by atoms with Crippen molar-refractivity contribution in [2.75, 3.05) is 43.9 Å². The maximum Gasteiger partial charge on any atom is 0.294 e. The van der Waals surface area contributed by atoms with Crippen LogP contribution in [-0.4, -0.2) is 76.1 Å². The van der Waals surface area contributed by atoms with E-state index in [0.29, 0.717) is 47.2 Å². The van der Waals surface area contributed by atoms with Crippen molar-refractivity contribution in [3.8, 4) is 17.1 Å². The molecule has 0 spiro atoms. The monoisotopic (exact) mass is 649 g/mol. The van der Waals surface area contributed by atoms with Crippen LogP contribution in [0.15, 0.2) is 47.1 Å². The molecule has 1 atom stereocenters. The van der Waals surface area contributed by atoms with Crippen molar-refractivity contribution in [3.05, 3.63) is 76.2 Å². The summed E-state index contributed by atoms with van der Waals surface area (Å²) in [6.07, 6.45) is 9.21. The first kappa shape index (κ1) is 31.8. The van der Waals surface area contributed by atoms with E-state index in [1.807, 2.05) is 35.2 Å². The van der Waals surface area contributed by atoms with Crippen LogP contribution in [0.4, 0.5) is 17.3 Å². The fourth-order valence-electron chi connectivity index (χ4n) is 7.36. The summed E-state index contributed by atoms with van der Waals surface area (Å²) in [6, 6.07) is 11.8. The smallest absolute Gasteiger partial charge is 0.294 e. The summed E-state index contributed by atoms with van der Waals surface area (Å²) in [4.78, 5) is 41.0. The Balaban J connectivity index is 1.09. The third-order valence-electron chi connectivity index (χ3n) is 9.97. The predicted octanol–water partition coefficient (Wildman–Crippen LogP) is 6.06. The lowest BCUT2D eigenvalue weighted by molar-refractivity contribution is 0.0708. The second-order valence-electron chi connectivity index (χ2n) is 12.9. The highest BCUT2D eigenvalue weighted by atomic mass is 16.5. The topological polar surface area (TPSA) is 126 Å². The molecule has 0 radical (unpaired) electrons. The van der Waals surface area contributed by atoms with Gasteiger partial charge in [-0.25, -0.2) is 9.97 Å². The van der Waals surface area contributed by atoms with E-state index in [1.165, 1.54) is 12.8 Å². The van der Waals surface area contributed by atoms with Crippen LogP contribution in [0.1, 0.15) is 82.7 Å². The molecule has 0 saturated carbocycles. The minimum Gasteiger partial charge on any atom is -0.495 e. The average Bonchev–Trinajstić information content (AvgIpc) is 3.90. The normalized spacial score (nSPS) is 17.2. The third-order valence-corrected chi connectivity index (χ3v) is 9.97. The van der Waals surface area contributed by atoms with Crippen molar-refractivity contribution in [2.45, 2.75) is 71.3 Å². The van der Waals surface area contributed by atoms with E-state index in [-0.39, 0.29) is 23.6 Å². The fraction of sp³-hybridized carbons (Fsp3) is 0.432. The number of methoxy groups -OCH3 is 1. The largest absolute Gasteiger partial charge is 0.495 e. The molecular weight excluding hydrogens is 606 g/mol. The second kappa shape index (κ2) is 13.8. The van der Waals surface area contributed by atoms with Crippen molar-refractivity contribution in [2.24, 2.45) is 0 Å². The Morgan fingerprint density at radius 1 is 1.00 bits per heavy atom. The van der Waals surface area contributed by atoms with Crippen LogP contribution in [0, 0.1) is 0 Å². The number of amides is 2. The number of rotatable bonds is 10.